The number of nitrogens with one attached hydrogen (secondary N) is 1. The number of benzene rings is 1. The van der Waals surface area contributed by atoms with Gasteiger partial charge in [0, 0.05) is 37.9 Å². The summed E-state index contributed by atoms with van der Waals surface area (Å²) in [6, 6.07) is 15.4. The van der Waals surface area contributed by atoms with Gasteiger partial charge in [0.05, 0.1) is 4.92 Å². The molecule has 1 N–H and O–H groups in total. The summed E-state index contributed by atoms with van der Waals surface area (Å²) in [6.07, 6.45) is 0. The summed E-state index contributed by atoms with van der Waals surface area (Å²) in [4.78, 5) is 31.5. The monoisotopic (exact) mass is 419 g/mol. The summed E-state index contributed by atoms with van der Waals surface area (Å²) >= 11 is 0. The molecule has 2 aromatic heterocycles. The third-order valence-electron chi connectivity index (χ3n) is 5.02. The molecule has 0 unspecified atom stereocenters. The van der Waals surface area contributed by atoms with E-state index in [0.29, 0.717) is 43.6 Å². The van der Waals surface area contributed by atoms with Crippen LogP contribution >= 0.6 is 0 Å². The minimum absolute atomic E-state index is 0.112. The molecular formula is C21H21N7O3. The highest BCUT2D eigenvalue weighted by atomic mass is 16.6. The fourth-order valence-electron chi connectivity index (χ4n) is 3.43. The number of nitro benzene ring substituents is 1. The van der Waals surface area contributed by atoms with Crippen molar-refractivity contribution in [3.8, 4) is 0 Å². The highest BCUT2D eigenvalue weighted by Gasteiger charge is 2.27. The molecular weight excluding hydrogens is 398 g/mol. The Morgan fingerprint density at radius 2 is 1.74 bits per heavy atom. The number of carbonyl (C=O) groups is 1. The Kier molecular flexibility index (Phi) is 5.69. The highest BCUT2D eigenvalue weighted by Crippen LogP contribution is 2.22. The van der Waals surface area contributed by atoms with Crippen LogP contribution in [0, 0.1) is 17.0 Å². The van der Waals surface area contributed by atoms with E-state index in [4.69, 9.17) is 0 Å². The molecule has 1 aliphatic rings. The quantitative estimate of drug-likeness (QED) is 0.496. The van der Waals surface area contributed by atoms with Gasteiger partial charge in [-0.15, -0.1) is 10.2 Å². The van der Waals surface area contributed by atoms with Crippen molar-refractivity contribution >= 4 is 29.0 Å². The first-order valence-corrected chi connectivity index (χ1v) is 9.83. The molecule has 1 aliphatic heterocycles. The molecule has 10 nitrogen and oxygen atoms in total. The summed E-state index contributed by atoms with van der Waals surface area (Å²) in [7, 11) is 0. The van der Waals surface area contributed by atoms with Crippen LogP contribution in [0.3, 0.4) is 0 Å². The van der Waals surface area contributed by atoms with Crippen LogP contribution in [-0.2, 0) is 0 Å². The first-order chi connectivity index (χ1) is 15.0. The summed E-state index contributed by atoms with van der Waals surface area (Å²) in [6.45, 7) is 3.93. The molecule has 3 heterocycles. The van der Waals surface area contributed by atoms with Gasteiger partial charge in [-0.2, -0.15) is 0 Å². The molecule has 1 aromatic carbocycles. The summed E-state index contributed by atoms with van der Waals surface area (Å²) in [5, 5.41) is 22.8. The molecule has 0 spiro atoms. The minimum atomic E-state index is -0.527. The molecule has 0 bridgehead atoms. The average Bonchev–Trinajstić information content (AvgIpc) is 2.79. The van der Waals surface area contributed by atoms with Crippen LogP contribution in [0.5, 0.6) is 0 Å². The summed E-state index contributed by atoms with van der Waals surface area (Å²) in [5.74, 6) is 1.67. The van der Waals surface area contributed by atoms with Crippen LogP contribution < -0.4 is 10.2 Å². The molecule has 31 heavy (non-hydrogen) atoms. The van der Waals surface area contributed by atoms with Crippen LogP contribution in [-0.4, -0.2) is 57.1 Å². The van der Waals surface area contributed by atoms with Crippen molar-refractivity contribution < 1.29 is 9.72 Å². The highest BCUT2D eigenvalue weighted by molar-refractivity contribution is 5.98. The van der Waals surface area contributed by atoms with Crippen molar-refractivity contribution in [3.63, 3.8) is 0 Å². The van der Waals surface area contributed by atoms with Gasteiger partial charge in [-0.3, -0.25) is 14.9 Å². The van der Waals surface area contributed by atoms with Gasteiger partial charge in [-0.1, -0.05) is 18.2 Å². The molecule has 158 valence electrons. The van der Waals surface area contributed by atoms with Gasteiger partial charge in [-0.25, -0.2) is 4.98 Å². The Morgan fingerprint density at radius 3 is 2.42 bits per heavy atom. The Labute approximate surface area is 178 Å². The number of piperazine rings is 1. The zero-order valence-electron chi connectivity index (χ0n) is 16.9. The number of para-hydroxylation sites is 1. The average molecular weight is 419 g/mol. The smallest absolute Gasteiger partial charge is 0.282 e. The molecule has 0 atom stereocenters. The van der Waals surface area contributed by atoms with Crippen LogP contribution in [0.4, 0.5) is 23.1 Å². The predicted octanol–water partition coefficient (Wildman–Crippen LogP) is 2.79. The molecule has 1 amide bonds. The lowest BCUT2D eigenvalue weighted by atomic mass is 10.1. The zero-order chi connectivity index (χ0) is 21.8. The van der Waals surface area contributed by atoms with Crippen molar-refractivity contribution in [1.82, 2.24) is 20.1 Å². The third kappa shape index (κ3) is 4.58. The van der Waals surface area contributed by atoms with Gasteiger partial charge in [0.15, 0.2) is 11.6 Å². The first kappa shape index (κ1) is 20.2. The third-order valence-corrected chi connectivity index (χ3v) is 5.02. The normalized spacial score (nSPS) is 13.7. The number of nitro groups is 1. The Bertz CT molecular complexity index is 1100. The number of rotatable bonds is 5. The lowest BCUT2D eigenvalue weighted by Gasteiger charge is -2.35. The lowest BCUT2D eigenvalue weighted by molar-refractivity contribution is -0.385. The van der Waals surface area contributed by atoms with Crippen LogP contribution in [0.2, 0.25) is 0 Å². The largest absolute Gasteiger partial charge is 0.352 e. The van der Waals surface area contributed by atoms with E-state index in [9.17, 15) is 14.9 Å². The first-order valence-electron chi connectivity index (χ1n) is 9.83. The molecule has 0 radical (unpaired) electrons. The predicted molar refractivity (Wildman–Crippen MR) is 116 cm³/mol. The second kappa shape index (κ2) is 8.74. The van der Waals surface area contributed by atoms with E-state index in [-0.39, 0.29) is 17.2 Å². The minimum Gasteiger partial charge on any atom is -0.352 e. The van der Waals surface area contributed by atoms with Gasteiger partial charge < -0.3 is 15.1 Å². The van der Waals surface area contributed by atoms with Gasteiger partial charge >= 0.3 is 0 Å². The SMILES string of the molecule is Cc1cccc(Nc2ccc(N3CCN(C(=O)c4ccccc4[N+](=O)[O-])CC3)nn2)n1. The number of aromatic nitrogens is 3. The van der Waals surface area contributed by atoms with Gasteiger partial charge in [-0.05, 0) is 37.3 Å². The van der Waals surface area contributed by atoms with E-state index < -0.39 is 4.92 Å². The molecule has 1 fully saturated rings. The number of hydrogen-bond donors (Lipinski definition) is 1. The van der Waals surface area contributed by atoms with E-state index in [1.807, 2.05) is 42.2 Å². The van der Waals surface area contributed by atoms with E-state index >= 15 is 0 Å². The number of pyridine rings is 1. The number of carbonyl (C=O) groups excluding carboxylic acids is 1. The number of amides is 1. The summed E-state index contributed by atoms with van der Waals surface area (Å²) in [5.41, 5.74) is 0.843. The fraction of sp³-hybridized carbons (Fsp3) is 0.238. The second-order valence-corrected chi connectivity index (χ2v) is 7.12. The summed E-state index contributed by atoms with van der Waals surface area (Å²) < 4.78 is 0. The zero-order valence-corrected chi connectivity index (χ0v) is 16.9. The Hall–Kier alpha value is -4.08. The Morgan fingerprint density at radius 1 is 0.968 bits per heavy atom. The van der Waals surface area contributed by atoms with Crippen LogP contribution in [0.1, 0.15) is 16.1 Å². The van der Waals surface area contributed by atoms with Gasteiger partial charge in [0.25, 0.3) is 11.6 Å². The van der Waals surface area contributed by atoms with E-state index in [1.54, 1.807) is 17.0 Å². The number of anilines is 3. The van der Waals surface area contributed by atoms with Crippen molar-refractivity contribution in [3.05, 3.63) is 76.0 Å². The van der Waals surface area contributed by atoms with E-state index in [1.165, 1.54) is 12.1 Å². The maximum atomic E-state index is 12.8. The molecule has 1 saturated heterocycles. The number of nitrogens with zero attached hydrogens (tertiary/aromatic N) is 6. The fourth-order valence-corrected chi connectivity index (χ4v) is 3.43. The topological polar surface area (TPSA) is 117 Å². The molecule has 10 heteroatoms. The van der Waals surface area contributed by atoms with E-state index in [0.717, 1.165) is 5.69 Å². The van der Waals surface area contributed by atoms with Crippen LogP contribution in [0.25, 0.3) is 0 Å². The van der Waals surface area contributed by atoms with Crippen molar-refractivity contribution in [2.45, 2.75) is 6.92 Å². The number of aryl methyl sites for hydroxylation is 1. The standard InChI is InChI=1S/C21H21N7O3/c1-15-5-4-8-18(22-15)23-19-9-10-20(25-24-19)26-11-13-27(14-12-26)21(29)16-6-2-3-7-17(16)28(30)31/h2-10H,11-14H2,1H3,(H,22,23,24). The van der Waals surface area contributed by atoms with Crippen molar-refractivity contribution in [1.29, 1.82) is 0 Å². The lowest BCUT2D eigenvalue weighted by Crippen LogP contribution is -2.49. The number of hydrogen-bond acceptors (Lipinski definition) is 8. The molecule has 4 rings (SSSR count). The van der Waals surface area contributed by atoms with Gasteiger partial charge in [0.1, 0.15) is 11.4 Å². The van der Waals surface area contributed by atoms with Crippen molar-refractivity contribution in [2.75, 3.05) is 36.4 Å². The molecule has 0 saturated carbocycles. The molecule has 0 aliphatic carbocycles. The van der Waals surface area contributed by atoms with E-state index in [2.05, 4.69) is 20.5 Å². The Balaban J connectivity index is 1.38. The van der Waals surface area contributed by atoms with Crippen molar-refractivity contribution in [2.24, 2.45) is 0 Å². The maximum Gasteiger partial charge on any atom is 0.282 e. The molecule has 3 aromatic rings. The van der Waals surface area contributed by atoms with Crippen LogP contribution in [0.15, 0.2) is 54.6 Å². The van der Waals surface area contributed by atoms with Gasteiger partial charge in [0.2, 0.25) is 0 Å². The maximum absolute atomic E-state index is 12.8. The second-order valence-electron chi connectivity index (χ2n) is 7.12.